The van der Waals surface area contributed by atoms with Gasteiger partial charge in [-0.2, -0.15) is 5.10 Å². The van der Waals surface area contributed by atoms with Crippen LogP contribution in [-0.2, 0) is 11.3 Å². The number of aromatic nitrogens is 2. The van der Waals surface area contributed by atoms with Crippen molar-refractivity contribution in [2.45, 2.75) is 38.4 Å². The number of ether oxygens (including phenoxy) is 1. The van der Waals surface area contributed by atoms with Gasteiger partial charge in [0.15, 0.2) is 0 Å². The highest BCUT2D eigenvalue weighted by molar-refractivity contribution is 5.17. The summed E-state index contributed by atoms with van der Waals surface area (Å²) in [5.41, 5.74) is 2.49. The standard InChI is InChI=1S/C11H17N3O/c1-7(2)9-3-8-4-12-10-5-15-6-11(10)14(8)13-9/h3,7,10-12H,4-6H2,1-2H3/t10-,11+/m1/s1. The molecule has 0 saturated carbocycles. The Balaban J connectivity index is 1.99. The van der Waals surface area contributed by atoms with Crippen molar-refractivity contribution < 1.29 is 4.74 Å². The molecule has 0 bridgehead atoms. The van der Waals surface area contributed by atoms with E-state index in [1.54, 1.807) is 0 Å². The van der Waals surface area contributed by atoms with Crippen LogP contribution in [0.1, 0.15) is 37.2 Å². The average Bonchev–Trinajstić information content (AvgIpc) is 2.82. The van der Waals surface area contributed by atoms with Gasteiger partial charge in [-0.15, -0.1) is 0 Å². The van der Waals surface area contributed by atoms with Crippen LogP contribution < -0.4 is 5.32 Å². The van der Waals surface area contributed by atoms with E-state index < -0.39 is 0 Å². The predicted octanol–water partition coefficient (Wildman–Crippen LogP) is 1.05. The fraction of sp³-hybridized carbons (Fsp3) is 0.727. The molecule has 2 aliphatic heterocycles. The first-order chi connectivity index (χ1) is 7.25. The van der Waals surface area contributed by atoms with E-state index in [0.29, 0.717) is 18.0 Å². The van der Waals surface area contributed by atoms with E-state index in [0.717, 1.165) is 19.8 Å². The van der Waals surface area contributed by atoms with Gasteiger partial charge in [-0.1, -0.05) is 13.8 Å². The second-order valence-electron chi connectivity index (χ2n) is 4.75. The first kappa shape index (κ1) is 9.36. The van der Waals surface area contributed by atoms with Crippen LogP contribution in [-0.4, -0.2) is 29.0 Å². The molecule has 1 aromatic rings. The Morgan fingerprint density at radius 3 is 3.20 bits per heavy atom. The summed E-state index contributed by atoms with van der Waals surface area (Å²) in [4.78, 5) is 0. The van der Waals surface area contributed by atoms with Gasteiger partial charge in [0.05, 0.1) is 36.7 Å². The zero-order valence-electron chi connectivity index (χ0n) is 9.23. The Bertz CT molecular complexity index is 372. The first-order valence-corrected chi connectivity index (χ1v) is 5.65. The molecule has 0 amide bonds. The fourth-order valence-corrected chi connectivity index (χ4v) is 2.37. The van der Waals surface area contributed by atoms with Gasteiger partial charge in [0.25, 0.3) is 0 Å². The Kier molecular flexibility index (Phi) is 2.07. The van der Waals surface area contributed by atoms with E-state index >= 15 is 0 Å². The molecule has 0 aromatic carbocycles. The first-order valence-electron chi connectivity index (χ1n) is 5.65. The Labute approximate surface area is 89.6 Å². The van der Waals surface area contributed by atoms with Crippen molar-refractivity contribution in [1.29, 1.82) is 0 Å². The van der Waals surface area contributed by atoms with Crippen LogP contribution in [0.4, 0.5) is 0 Å². The third-order valence-corrected chi connectivity index (χ3v) is 3.33. The molecule has 0 unspecified atom stereocenters. The number of nitrogens with zero attached hydrogens (tertiary/aromatic N) is 2. The molecule has 0 spiro atoms. The second kappa shape index (κ2) is 3.32. The molecule has 4 heteroatoms. The van der Waals surface area contributed by atoms with Crippen molar-refractivity contribution in [3.05, 3.63) is 17.5 Å². The quantitative estimate of drug-likeness (QED) is 0.748. The fourth-order valence-electron chi connectivity index (χ4n) is 2.37. The van der Waals surface area contributed by atoms with E-state index in [1.807, 2.05) is 0 Å². The summed E-state index contributed by atoms with van der Waals surface area (Å²) < 4.78 is 7.66. The summed E-state index contributed by atoms with van der Waals surface area (Å²) in [5, 5.41) is 8.19. The normalized spacial score (nSPS) is 29.3. The number of hydrogen-bond donors (Lipinski definition) is 1. The molecule has 4 nitrogen and oxygen atoms in total. The maximum Gasteiger partial charge on any atom is 0.0931 e. The zero-order chi connectivity index (χ0) is 10.4. The van der Waals surface area contributed by atoms with Crippen molar-refractivity contribution in [3.8, 4) is 0 Å². The maximum absolute atomic E-state index is 5.49. The van der Waals surface area contributed by atoms with E-state index in [4.69, 9.17) is 4.74 Å². The van der Waals surface area contributed by atoms with E-state index in [1.165, 1.54) is 11.4 Å². The minimum absolute atomic E-state index is 0.404. The van der Waals surface area contributed by atoms with Crippen molar-refractivity contribution >= 4 is 0 Å². The van der Waals surface area contributed by atoms with Gasteiger partial charge in [-0.05, 0) is 12.0 Å². The smallest absolute Gasteiger partial charge is 0.0931 e. The molecule has 1 fully saturated rings. The lowest BCUT2D eigenvalue weighted by Crippen LogP contribution is -2.42. The lowest BCUT2D eigenvalue weighted by atomic mass is 10.1. The van der Waals surface area contributed by atoms with Crippen molar-refractivity contribution in [2.24, 2.45) is 0 Å². The van der Waals surface area contributed by atoms with Crippen LogP contribution in [0.25, 0.3) is 0 Å². The maximum atomic E-state index is 5.49. The highest BCUT2D eigenvalue weighted by atomic mass is 16.5. The van der Waals surface area contributed by atoms with Gasteiger partial charge in [0.1, 0.15) is 0 Å². The van der Waals surface area contributed by atoms with Crippen molar-refractivity contribution in [3.63, 3.8) is 0 Å². The molecule has 2 atom stereocenters. The molecular formula is C11H17N3O. The molecular weight excluding hydrogens is 190 g/mol. The van der Waals surface area contributed by atoms with E-state index in [-0.39, 0.29) is 0 Å². The van der Waals surface area contributed by atoms with Crippen LogP contribution in [0.15, 0.2) is 6.07 Å². The van der Waals surface area contributed by atoms with E-state index in [9.17, 15) is 0 Å². The third kappa shape index (κ3) is 1.40. The van der Waals surface area contributed by atoms with Crippen LogP contribution in [0.2, 0.25) is 0 Å². The third-order valence-electron chi connectivity index (χ3n) is 3.33. The molecule has 2 aliphatic rings. The summed E-state index contributed by atoms with van der Waals surface area (Å²) in [6.45, 7) is 6.91. The number of hydrogen-bond acceptors (Lipinski definition) is 3. The average molecular weight is 207 g/mol. The molecule has 15 heavy (non-hydrogen) atoms. The highest BCUT2D eigenvalue weighted by Crippen LogP contribution is 2.27. The Morgan fingerprint density at radius 2 is 2.40 bits per heavy atom. The molecule has 1 N–H and O–H groups in total. The Morgan fingerprint density at radius 1 is 1.53 bits per heavy atom. The molecule has 82 valence electrons. The minimum Gasteiger partial charge on any atom is -0.377 e. The lowest BCUT2D eigenvalue weighted by Gasteiger charge is -2.26. The molecule has 1 saturated heterocycles. The van der Waals surface area contributed by atoms with Crippen molar-refractivity contribution in [2.75, 3.05) is 13.2 Å². The molecule has 3 rings (SSSR count). The molecule has 0 aliphatic carbocycles. The summed E-state index contributed by atoms with van der Waals surface area (Å²) in [6, 6.07) is 3.07. The lowest BCUT2D eigenvalue weighted by molar-refractivity contribution is 0.183. The minimum atomic E-state index is 0.404. The number of fused-ring (bicyclic) bond motifs is 3. The van der Waals surface area contributed by atoms with Gasteiger partial charge >= 0.3 is 0 Å². The summed E-state index contributed by atoms with van der Waals surface area (Å²) in [5.74, 6) is 0.504. The predicted molar refractivity (Wildman–Crippen MR) is 56.8 cm³/mol. The van der Waals surface area contributed by atoms with Crippen LogP contribution in [0, 0.1) is 0 Å². The van der Waals surface area contributed by atoms with Crippen LogP contribution in [0.5, 0.6) is 0 Å². The topological polar surface area (TPSA) is 39.1 Å². The SMILES string of the molecule is CC(C)c1cc2n(n1)[C@H]1COC[C@H]1NC2. The van der Waals surface area contributed by atoms with Crippen LogP contribution >= 0.6 is 0 Å². The zero-order valence-corrected chi connectivity index (χ0v) is 9.23. The highest BCUT2D eigenvalue weighted by Gasteiger charge is 2.35. The van der Waals surface area contributed by atoms with Gasteiger partial charge in [-0.3, -0.25) is 4.68 Å². The van der Waals surface area contributed by atoms with Gasteiger partial charge in [0, 0.05) is 6.54 Å². The van der Waals surface area contributed by atoms with Crippen molar-refractivity contribution in [1.82, 2.24) is 15.1 Å². The second-order valence-corrected chi connectivity index (χ2v) is 4.75. The molecule has 1 aromatic heterocycles. The van der Waals surface area contributed by atoms with Gasteiger partial charge < -0.3 is 10.1 Å². The van der Waals surface area contributed by atoms with Gasteiger partial charge in [0.2, 0.25) is 0 Å². The monoisotopic (exact) mass is 207 g/mol. The summed E-state index contributed by atoms with van der Waals surface area (Å²) >= 11 is 0. The number of nitrogens with one attached hydrogen (secondary N) is 1. The Hall–Kier alpha value is -0.870. The molecule has 3 heterocycles. The molecule has 0 radical (unpaired) electrons. The number of rotatable bonds is 1. The largest absolute Gasteiger partial charge is 0.377 e. The van der Waals surface area contributed by atoms with E-state index in [2.05, 4.69) is 35.0 Å². The summed E-state index contributed by atoms with van der Waals surface area (Å²) in [7, 11) is 0. The van der Waals surface area contributed by atoms with Crippen LogP contribution in [0.3, 0.4) is 0 Å². The van der Waals surface area contributed by atoms with Gasteiger partial charge in [-0.25, -0.2) is 0 Å². The summed E-state index contributed by atoms with van der Waals surface area (Å²) in [6.07, 6.45) is 0.